The third-order valence-electron chi connectivity index (χ3n) is 4.72. The van der Waals surface area contributed by atoms with Crippen LogP contribution < -0.4 is 10.2 Å². The molecule has 8 nitrogen and oxygen atoms in total. The molecule has 1 aromatic carbocycles. The predicted molar refractivity (Wildman–Crippen MR) is 113 cm³/mol. The standard InChI is InChI=1S/C21H29N5O3/c1-3-29-21(27)26-13-11-25(12-14-26)19-16-18(17-8-5-4-6-9-17)23-20(24-19)22-10-7-15-28-2/h4-6,8-9,16H,3,7,10-15H2,1-2H3,(H,22,23,24). The highest BCUT2D eigenvalue weighted by Crippen LogP contribution is 2.24. The number of ether oxygens (including phenoxy) is 2. The van der Waals surface area contributed by atoms with Crippen LogP contribution in [-0.2, 0) is 9.47 Å². The minimum Gasteiger partial charge on any atom is -0.450 e. The molecule has 1 aliphatic heterocycles. The largest absolute Gasteiger partial charge is 0.450 e. The van der Waals surface area contributed by atoms with Gasteiger partial charge in [-0.1, -0.05) is 30.3 Å². The maximum atomic E-state index is 11.9. The number of piperazine rings is 1. The number of anilines is 2. The van der Waals surface area contributed by atoms with Gasteiger partial charge in [-0.05, 0) is 13.3 Å². The lowest BCUT2D eigenvalue weighted by Gasteiger charge is -2.34. The smallest absolute Gasteiger partial charge is 0.409 e. The number of carbonyl (C=O) groups is 1. The summed E-state index contributed by atoms with van der Waals surface area (Å²) >= 11 is 0. The molecule has 156 valence electrons. The summed E-state index contributed by atoms with van der Waals surface area (Å²) in [5, 5.41) is 3.30. The van der Waals surface area contributed by atoms with Crippen LogP contribution in [0.2, 0.25) is 0 Å². The van der Waals surface area contributed by atoms with Crippen molar-refractivity contribution in [2.45, 2.75) is 13.3 Å². The highest BCUT2D eigenvalue weighted by Gasteiger charge is 2.23. The van der Waals surface area contributed by atoms with E-state index in [4.69, 9.17) is 14.5 Å². The average molecular weight is 399 g/mol. The molecule has 0 unspecified atom stereocenters. The first kappa shape index (κ1) is 20.9. The molecular formula is C21H29N5O3. The Kier molecular flexibility index (Phi) is 7.63. The van der Waals surface area contributed by atoms with Crippen molar-refractivity contribution < 1.29 is 14.3 Å². The molecule has 1 N–H and O–H groups in total. The summed E-state index contributed by atoms with van der Waals surface area (Å²) in [7, 11) is 1.70. The number of nitrogens with one attached hydrogen (secondary N) is 1. The van der Waals surface area contributed by atoms with Gasteiger partial charge >= 0.3 is 6.09 Å². The molecule has 2 aromatic rings. The molecule has 29 heavy (non-hydrogen) atoms. The van der Waals surface area contributed by atoms with Crippen molar-refractivity contribution in [2.75, 3.05) is 63.3 Å². The third-order valence-corrected chi connectivity index (χ3v) is 4.72. The fourth-order valence-electron chi connectivity index (χ4n) is 3.18. The van der Waals surface area contributed by atoms with E-state index in [-0.39, 0.29) is 6.09 Å². The Bertz CT molecular complexity index is 779. The average Bonchev–Trinajstić information content (AvgIpc) is 2.77. The predicted octanol–water partition coefficient (Wildman–Crippen LogP) is 2.87. The SMILES string of the molecule is CCOC(=O)N1CCN(c2cc(-c3ccccc3)nc(NCCCOC)n2)CC1. The molecular weight excluding hydrogens is 370 g/mol. The van der Waals surface area contributed by atoms with E-state index in [1.807, 2.05) is 43.3 Å². The van der Waals surface area contributed by atoms with E-state index >= 15 is 0 Å². The van der Waals surface area contributed by atoms with E-state index in [1.165, 1.54) is 0 Å². The number of hydrogen-bond donors (Lipinski definition) is 1. The van der Waals surface area contributed by atoms with Crippen LogP contribution in [0, 0.1) is 0 Å². The minimum absolute atomic E-state index is 0.250. The van der Waals surface area contributed by atoms with Gasteiger partial charge in [0.15, 0.2) is 0 Å². The maximum Gasteiger partial charge on any atom is 0.409 e. The Morgan fingerprint density at radius 1 is 1.14 bits per heavy atom. The molecule has 1 saturated heterocycles. The molecule has 3 rings (SSSR count). The molecule has 0 saturated carbocycles. The fourth-order valence-corrected chi connectivity index (χ4v) is 3.18. The van der Waals surface area contributed by atoms with Gasteiger partial charge in [-0.3, -0.25) is 0 Å². The van der Waals surface area contributed by atoms with Gasteiger partial charge in [-0.15, -0.1) is 0 Å². The second-order valence-electron chi connectivity index (χ2n) is 6.75. The van der Waals surface area contributed by atoms with Gasteiger partial charge in [0.1, 0.15) is 5.82 Å². The van der Waals surface area contributed by atoms with Crippen LogP contribution in [0.25, 0.3) is 11.3 Å². The van der Waals surface area contributed by atoms with E-state index in [0.29, 0.717) is 45.3 Å². The Morgan fingerprint density at radius 3 is 2.59 bits per heavy atom. The molecule has 1 aromatic heterocycles. The zero-order valence-electron chi connectivity index (χ0n) is 17.1. The zero-order valence-corrected chi connectivity index (χ0v) is 17.1. The van der Waals surface area contributed by atoms with E-state index in [1.54, 1.807) is 12.0 Å². The number of benzene rings is 1. The van der Waals surface area contributed by atoms with Crippen molar-refractivity contribution in [2.24, 2.45) is 0 Å². The van der Waals surface area contributed by atoms with Crippen molar-refractivity contribution in [3.63, 3.8) is 0 Å². The number of methoxy groups -OCH3 is 1. The molecule has 0 spiro atoms. The van der Waals surface area contributed by atoms with E-state index in [9.17, 15) is 4.79 Å². The number of aromatic nitrogens is 2. The second-order valence-corrected chi connectivity index (χ2v) is 6.75. The van der Waals surface area contributed by atoms with Crippen LogP contribution in [0.4, 0.5) is 16.6 Å². The van der Waals surface area contributed by atoms with Crippen LogP contribution in [0.3, 0.4) is 0 Å². The highest BCUT2D eigenvalue weighted by molar-refractivity contribution is 5.68. The quantitative estimate of drug-likeness (QED) is 0.684. The molecule has 1 amide bonds. The molecule has 0 bridgehead atoms. The lowest BCUT2D eigenvalue weighted by molar-refractivity contribution is 0.105. The van der Waals surface area contributed by atoms with E-state index in [0.717, 1.165) is 30.0 Å². The molecule has 2 heterocycles. The van der Waals surface area contributed by atoms with Crippen LogP contribution in [0.1, 0.15) is 13.3 Å². The monoisotopic (exact) mass is 399 g/mol. The Morgan fingerprint density at radius 2 is 1.90 bits per heavy atom. The normalized spacial score (nSPS) is 14.0. The molecule has 1 aliphatic rings. The first-order valence-electron chi connectivity index (χ1n) is 10.0. The van der Waals surface area contributed by atoms with Crippen LogP contribution in [0.5, 0.6) is 0 Å². The van der Waals surface area contributed by atoms with Gasteiger partial charge in [-0.2, -0.15) is 4.98 Å². The lowest BCUT2D eigenvalue weighted by atomic mass is 10.1. The van der Waals surface area contributed by atoms with Crippen molar-refractivity contribution in [3.8, 4) is 11.3 Å². The van der Waals surface area contributed by atoms with E-state index in [2.05, 4.69) is 15.2 Å². The Hall–Kier alpha value is -2.87. The van der Waals surface area contributed by atoms with E-state index < -0.39 is 0 Å². The van der Waals surface area contributed by atoms with Gasteiger partial charge in [0.25, 0.3) is 0 Å². The number of hydrogen-bond acceptors (Lipinski definition) is 7. The number of rotatable bonds is 8. The maximum absolute atomic E-state index is 11.9. The second kappa shape index (κ2) is 10.6. The van der Waals surface area contributed by atoms with Crippen molar-refractivity contribution >= 4 is 17.9 Å². The number of nitrogens with zero attached hydrogens (tertiary/aromatic N) is 4. The van der Waals surface area contributed by atoms with Gasteiger partial charge in [0.05, 0.1) is 12.3 Å². The molecule has 0 atom stereocenters. The molecule has 1 fully saturated rings. The Balaban J connectivity index is 1.75. The topological polar surface area (TPSA) is 79.8 Å². The van der Waals surface area contributed by atoms with Gasteiger partial charge < -0.3 is 24.6 Å². The first-order chi connectivity index (χ1) is 14.2. The fraction of sp³-hybridized carbons (Fsp3) is 0.476. The van der Waals surface area contributed by atoms with Crippen molar-refractivity contribution in [3.05, 3.63) is 36.4 Å². The zero-order chi connectivity index (χ0) is 20.5. The summed E-state index contributed by atoms with van der Waals surface area (Å²) in [6.45, 7) is 6.27. The molecule has 0 aliphatic carbocycles. The summed E-state index contributed by atoms with van der Waals surface area (Å²) in [5.74, 6) is 1.46. The first-order valence-corrected chi connectivity index (χ1v) is 10.0. The van der Waals surface area contributed by atoms with Crippen molar-refractivity contribution in [1.29, 1.82) is 0 Å². The summed E-state index contributed by atoms with van der Waals surface area (Å²) < 4.78 is 10.2. The summed E-state index contributed by atoms with van der Waals surface area (Å²) in [4.78, 5) is 25.3. The Labute approximate surface area is 171 Å². The summed E-state index contributed by atoms with van der Waals surface area (Å²) in [6.07, 6.45) is 0.628. The number of amides is 1. The highest BCUT2D eigenvalue weighted by atomic mass is 16.6. The van der Waals surface area contributed by atoms with Gasteiger partial charge in [0, 0.05) is 58.1 Å². The number of carbonyl (C=O) groups excluding carboxylic acids is 1. The van der Waals surface area contributed by atoms with Crippen LogP contribution in [-0.4, -0.2) is 74.0 Å². The van der Waals surface area contributed by atoms with Crippen molar-refractivity contribution in [1.82, 2.24) is 14.9 Å². The molecule has 0 radical (unpaired) electrons. The van der Waals surface area contributed by atoms with Gasteiger partial charge in [0.2, 0.25) is 5.95 Å². The summed E-state index contributed by atoms with van der Waals surface area (Å²) in [5.41, 5.74) is 1.92. The lowest BCUT2D eigenvalue weighted by Crippen LogP contribution is -2.49. The van der Waals surface area contributed by atoms with Crippen LogP contribution in [0.15, 0.2) is 36.4 Å². The van der Waals surface area contributed by atoms with Crippen LogP contribution >= 0.6 is 0 Å². The molecule has 8 heteroatoms. The van der Waals surface area contributed by atoms with Gasteiger partial charge in [-0.25, -0.2) is 9.78 Å². The summed E-state index contributed by atoms with van der Waals surface area (Å²) in [6, 6.07) is 12.1. The third kappa shape index (κ3) is 5.80. The minimum atomic E-state index is -0.250.